The van der Waals surface area contributed by atoms with Crippen LogP contribution in [0.4, 0.5) is 0 Å². The van der Waals surface area contributed by atoms with E-state index in [9.17, 15) is 14.7 Å². The first-order valence-electron chi connectivity index (χ1n) is 5.12. The van der Waals surface area contributed by atoms with Gasteiger partial charge < -0.3 is 15.0 Å². The Labute approximate surface area is 104 Å². The predicted octanol–water partition coefficient (Wildman–Crippen LogP) is 1.67. The van der Waals surface area contributed by atoms with Crippen molar-refractivity contribution in [2.45, 2.75) is 24.8 Å². The number of carboxylic acid groups (broad SMARTS) is 1. The molecule has 1 aromatic carbocycles. The summed E-state index contributed by atoms with van der Waals surface area (Å²) < 4.78 is 0. The summed E-state index contributed by atoms with van der Waals surface area (Å²) in [5.74, 6) is -1.07. The van der Waals surface area contributed by atoms with Gasteiger partial charge in [0.2, 0.25) is 0 Å². The smallest absolute Gasteiger partial charge is 0.337 e. The summed E-state index contributed by atoms with van der Waals surface area (Å²) in [6, 6.07) is 5.01. The van der Waals surface area contributed by atoms with Crippen molar-refractivity contribution in [2.24, 2.45) is 0 Å². The van der Waals surface area contributed by atoms with E-state index in [1.54, 1.807) is 18.2 Å². The molecule has 1 rings (SSSR count). The molecular weight excluding hydrogens is 244 g/mol. The van der Waals surface area contributed by atoms with Crippen molar-refractivity contribution in [1.29, 1.82) is 0 Å². The highest BCUT2D eigenvalue weighted by Crippen LogP contribution is 2.22. The zero-order chi connectivity index (χ0) is 12.8. The standard InChI is InChI=1S/C12H13ClO4/c13-7-8-3-4-9(2-1-5-14)10(6-8)11(15)12(16)17/h3-6,11,15H,1-2,7H2,(H,16,17). The number of halogens is 1. The first-order valence-corrected chi connectivity index (χ1v) is 5.65. The lowest BCUT2D eigenvalue weighted by atomic mass is 9.97. The fourth-order valence-corrected chi connectivity index (χ4v) is 1.72. The Morgan fingerprint density at radius 3 is 2.71 bits per heavy atom. The van der Waals surface area contributed by atoms with Gasteiger partial charge in [0.1, 0.15) is 6.29 Å². The maximum atomic E-state index is 10.8. The molecule has 0 radical (unpaired) electrons. The van der Waals surface area contributed by atoms with Crippen LogP contribution in [0.5, 0.6) is 0 Å². The zero-order valence-corrected chi connectivity index (χ0v) is 9.85. The number of alkyl halides is 1. The van der Waals surface area contributed by atoms with Gasteiger partial charge in [0.25, 0.3) is 0 Å². The summed E-state index contributed by atoms with van der Waals surface area (Å²) in [5.41, 5.74) is 1.69. The topological polar surface area (TPSA) is 74.6 Å². The molecule has 0 saturated carbocycles. The molecule has 1 unspecified atom stereocenters. The van der Waals surface area contributed by atoms with Gasteiger partial charge in [0, 0.05) is 12.3 Å². The molecule has 2 N–H and O–H groups in total. The van der Waals surface area contributed by atoms with Crippen LogP contribution in [0.15, 0.2) is 18.2 Å². The first-order chi connectivity index (χ1) is 8.10. The molecule has 0 aliphatic carbocycles. The first kappa shape index (κ1) is 13.7. The lowest BCUT2D eigenvalue weighted by Crippen LogP contribution is -2.13. The van der Waals surface area contributed by atoms with E-state index in [2.05, 4.69) is 0 Å². The van der Waals surface area contributed by atoms with E-state index >= 15 is 0 Å². The normalized spacial score (nSPS) is 12.1. The van der Waals surface area contributed by atoms with Crippen molar-refractivity contribution in [3.8, 4) is 0 Å². The zero-order valence-electron chi connectivity index (χ0n) is 9.10. The highest BCUT2D eigenvalue weighted by atomic mass is 35.5. The molecule has 0 amide bonds. The highest BCUT2D eigenvalue weighted by molar-refractivity contribution is 6.17. The third-order valence-electron chi connectivity index (χ3n) is 2.42. The molecule has 1 atom stereocenters. The van der Waals surface area contributed by atoms with Gasteiger partial charge in [-0.3, -0.25) is 0 Å². The van der Waals surface area contributed by atoms with E-state index in [0.29, 0.717) is 24.0 Å². The van der Waals surface area contributed by atoms with Crippen LogP contribution in [-0.2, 0) is 21.9 Å². The quantitative estimate of drug-likeness (QED) is 0.600. The van der Waals surface area contributed by atoms with Crippen LogP contribution in [-0.4, -0.2) is 22.5 Å². The molecule has 0 aromatic heterocycles. The van der Waals surface area contributed by atoms with Crippen LogP contribution in [0, 0.1) is 0 Å². The molecule has 0 bridgehead atoms. The molecule has 0 fully saturated rings. The molecule has 4 nitrogen and oxygen atoms in total. The summed E-state index contributed by atoms with van der Waals surface area (Å²) in [5, 5.41) is 18.4. The van der Waals surface area contributed by atoms with Crippen LogP contribution in [0.2, 0.25) is 0 Å². The summed E-state index contributed by atoms with van der Waals surface area (Å²) >= 11 is 5.65. The molecule has 5 heteroatoms. The van der Waals surface area contributed by atoms with Gasteiger partial charge in [-0.25, -0.2) is 4.79 Å². The molecule has 0 saturated heterocycles. The van der Waals surface area contributed by atoms with Crippen LogP contribution >= 0.6 is 11.6 Å². The number of carbonyl (C=O) groups excluding carboxylic acids is 1. The number of carboxylic acids is 1. The van der Waals surface area contributed by atoms with E-state index in [4.69, 9.17) is 16.7 Å². The predicted molar refractivity (Wildman–Crippen MR) is 63.0 cm³/mol. The lowest BCUT2D eigenvalue weighted by molar-refractivity contribution is -0.147. The summed E-state index contributed by atoms with van der Waals surface area (Å²) in [6.07, 6.45) is -0.127. The van der Waals surface area contributed by atoms with Crippen LogP contribution < -0.4 is 0 Å². The van der Waals surface area contributed by atoms with Crippen LogP contribution in [0.3, 0.4) is 0 Å². The molecule has 1 aromatic rings. The fourth-order valence-electron chi connectivity index (χ4n) is 1.56. The number of hydrogen-bond donors (Lipinski definition) is 2. The minimum atomic E-state index is -1.58. The number of aryl methyl sites for hydroxylation is 1. The monoisotopic (exact) mass is 256 g/mol. The van der Waals surface area contributed by atoms with E-state index in [0.717, 1.165) is 11.8 Å². The minimum absolute atomic E-state index is 0.243. The third-order valence-corrected chi connectivity index (χ3v) is 2.73. The Morgan fingerprint density at radius 2 is 2.18 bits per heavy atom. The van der Waals surface area contributed by atoms with Crippen molar-refractivity contribution < 1.29 is 19.8 Å². The average Bonchev–Trinajstić information content (AvgIpc) is 2.35. The second kappa shape index (κ2) is 6.37. The van der Waals surface area contributed by atoms with Gasteiger partial charge >= 0.3 is 5.97 Å². The van der Waals surface area contributed by atoms with Crippen LogP contribution in [0.1, 0.15) is 29.2 Å². The number of benzene rings is 1. The van der Waals surface area contributed by atoms with Gasteiger partial charge in [-0.15, -0.1) is 11.6 Å². The van der Waals surface area contributed by atoms with E-state index in [1.807, 2.05) is 0 Å². The summed E-state index contributed by atoms with van der Waals surface area (Å²) in [7, 11) is 0. The maximum Gasteiger partial charge on any atom is 0.337 e. The van der Waals surface area contributed by atoms with Gasteiger partial charge in [0.05, 0.1) is 0 Å². The molecule has 0 heterocycles. The third kappa shape index (κ3) is 3.54. The van der Waals surface area contributed by atoms with Gasteiger partial charge in [-0.1, -0.05) is 18.2 Å². The number of aliphatic hydroxyl groups excluding tert-OH is 1. The Hall–Kier alpha value is -1.39. The van der Waals surface area contributed by atoms with E-state index in [-0.39, 0.29) is 5.88 Å². The van der Waals surface area contributed by atoms with E-state index < -0.39 is 12.1 Å². The Bertz CT molecular complexity index is 417. The number of hydrogen-bond acceptors (Lipinski definition) is 3. The number of carbonyl (C=O) groups is 2. The molecule has 0 aliphatic heterocycles. The number of rotatable bonds is 6. The Kier molecular flexibility index (Phi) is 5.12. The molecular formula is C12H13ClO4. The Morgan fingerprint density at radius 1 is 1.47 bits per heavy atom. The Balaban J connectivity index is 3.10. The van der Waals surface area contributed by atoms with Gasteiger partial charge in [0.15, 0.2) is 6.10 Å². The average molecular weight is 257 g/mol. The highest BCUT2D eigenvalue weighted by Gasteiger charge is 2.19. The van der Waals surface area contributed by atoms with Gasteiger partial charge in [-0.05, 0) is 23.1 Å². The van der Waals surface area contributed by atoms with Crippen molar-refractivity contribution >= 4 is 23.9 Å². The lowest BCUT2D eigenvalue weighted by Gasteiger charge is -2.13. The fraction of sp³-hybridized carbons (Fsp3) is 0.333. The second-order valence-corrected chi connectivity index (χ2v) is 3.88. The SMILES string of the molecule is O=CCCc1ccc(CCl)cc1C(O)C(=O)O. The summed E-state index contributed by atoms with van der Waals surface area (Å²) in [4.78, 5) is 21.1. The number of aldehydes is 1. The van der Waals surface area contributed by atoms with Crippen molar-refractivity contribution in [1.82, 2.24) is 0 Å². The minimum Gasteiger partial charge on any atom is -0.479 e. The van der Waals surface area contributed by atoms with Gasteiger partial charge in [-0.2, -0.15) is 0 Å². The molecule has 92 valence electrons. The van der Waals surface area contributed by atoms with Crippen molar-refractivity contribution in [2.75, 3.05) is 0 Å². The van der Waals surface area contributed by atoms with Crippen LogP contribution in [0.25, 0.3) is 0 Å². The van der Waals surface area contributed by atoms with Crippen molar-refractivity contribution in [3.05, 3.63) is 34.9 Å². The largest absolute Gasteiger partial charge is 0.479 e. The van der Waals surface area contributed by atoms with Crippen molar-refractivity contribution in [3.63, 3.8) is 0 Å². The number of aliphatic hydroxyl groups is 1. The summed E-state index contributed by atoms with van der Waals surface area (Å²) in [6.45, 7) is 0. The van der Waals surface area contributed by atoms with E-state index in [1.165, 1.54) is 0 Å². The number of aliphatic carboxylic acids is 1. The maximum absolute atomic E-state index is 10.8. The molecule has 17 heavy (non-hydrogen) atoms. The molecule has 0 aliphatic rings. The second-order valence-electron chi connectivity index (χ2n) is 3.61. The molecule has 0 spiro atoms.